The number of nitrogens with one attached hydrogen (secondary N) is 2. The summed E-state index contributed by atoms with van der Waals surface area (Å²) in [6, 6.07) is 0.910. The SMILES string of the molecule is CC(CC(C)NC(C)(C)C(C)(C)CN)NC(C)(C)C(C)(C)C. The normalized spacial score (nSPS) is 17.5. The topological polar surface area (TPSA) is 50.1 Å². The molecule has 0 aliphatic rings. The Bertz CT molecular complexity index is 337. The highest BCUT2D eigenvalue weighted by molar-refractivity contribution is 4.96. The lowest BCUT2D eigenvalue weighted by Crippen LogP contribution is -2.59. The maximum Gasteiger partial charge on any atom is 0.0190 e. The van der Waals surface area contributed by atoms with Crippen LogP contribution in [0.2, 0.25) is 0 Å². The van der Waals surface area contributed by atoms with E-state index in [1.165, 1.54) is 0 Å². The average molecular weight is 314 g/mol. The fourth-order valence-corrected chi connectivity index (χ4v) is 2.55. The lowest BCUT2D eigenvalue weighted by molar-refractivity contribution is 0.131. The quantitative estimate of drug-likeness (QED) is 0.636. The molecule has 0 spiro atoms. The van der Waals surface area contributed by atoms with Crippen molar-refractivity contribution in [2.24, 2.45) is 16.6 Å². The smallest absolute Gasteiger partial charge is 0.0190 e. The molecule has 0 fully saturated rings. The Morgan fingerprint density at radius 2 is 1.09 bits per heavy atom. The molecule has 0 aromatic heterocycles. The van der Waals surface area contributed by atoms with Crippen molar-refractivity contribution in [3.05, 3.63) is 0 Å². The van der Waals surface area contributed by atoms with Crippen molar-refractivity contribution >= 4 is 0 Å². The van der Waals surface area contributed by atoms with E-state index in [0.717, 1.165) is 6.42 Å². The minimum Gasteiger partial charge on any atom is -0.330 e. The molecule has 0 aromatic carbocycles. The molecule has 2 unspecified atom stereocenters. The van der Waals surface area contributed by atoms with Crippen LogP contribution in [0.25, 0.3) is 0 Å². The molecule has 0 radical (unpaired) electrons. The van der Waals surface area contributed by atoms with Gasteiger partial charge in [-0.05, 0) is 65.3 Å². The second-order valence-electron chi connectivity index (χ2n) is 9.91. The van der Waals surface area contributed by atoms with Crippen LogP contribution < -0.4 is 16.4 Å². The predicted octanol–water partition coefficient (Wildman–Crippen LogP) is 3.92. The van der Waals surface area contributed by atoms with Gasteiger partial charge in [0.25, 0.3) is 0 Å². The summed E-state index contributed by atoms with van der Waals surface area (Å²) in [5.41, 5.74) is 6.38. The second kappa shape index (κ2) is 7.19. The first-order valence-electron chi connectivity index (χ1n) is 8.81. The van der Waals surface area contributed by atoms with Gasteiger partial charge in [0.05, 0.1) is 0 Å². The Morgan fingerprint density at radius 3 is 1.41 bits per heavy atom. The monoisotopic (exact) mass is 313 g/mol. The first kappa shape index (κ1) is 21.9. The summed E-state index contributed by atoms with van der Waals surface area (Å²) in [6.07, 6.45) is 1.10. The first-order valence-corrected chi connectivity index (χ1v) is 8.81. The Balaban J connectivity index is 4.65. The molecular weight excluding hydrogens is 270 g/mol. The van der Waals surface area contributed by atoms with Gasteiger partial charge in [-0.2, -0.15) is 0 Å². The highest BCUT2D eigenvalue weighted by Crippen LogP contribution is 2.31. The molecular formula is C19H43N3. The molecule has 3 heteroatoms. The number of hydrogen-bond acceptors (Lipinski definition) is 3. The zero-order valence-corrected chi connectivity index (χ0v) is 17.1. The zero-order valence-electron chi connectivity index (χ0n) is 17.1. The molecule has 0 heterocycles. The summed E-state index contributed by atoms with van der Waals surface area (Å²) < 4.78 is 0. The van der Waals surface area contributed by atoms with E-state index in [1.54, 1.807) is 0 Å². The molecule has 0 rings (SSSR count). The van der Waals surface area contributed by atoms with Gasteiger partial charge in [0, 0.05) is 23.2 Å². The van der Waals surface area contributed by atoms with E-state index in [0.29, 0.717) is 18.6 Å². The van der Waals surface area contributed by atoms with Crippen LogP contribution in [0.15, 0.2) is 0 Å². The first-order chi connectivity index (χ1) is 9.56. The summed E-state index contributed by atoms with van der Waals surface area (Å²) in [4.78, 5) is 0. The highest BCUT2D eigenvalue weighted by atomic mass is 15.0. The van der Waals surface area contributed by atoms with Crippen molar-refractivity contribution in [1.82, 2.24) is 10.6 Å². The lowest BCUT2D eigenvalue weighted by atomic mass is 9.74. The van der Waals surface area contributed by atoms with Crippen LogP contribution >= 0.6 is 0 Å². The van der Waals surface area contributed by atoms with Crippen molar-refractivity contribution < 1.29 is 0 Å². The maximum atomic E-state index is 5.95. The second-order valence-corrected chi connectivity index (χ2v) is 9.91. The van der Waals surface area contributed by atoms with Crippen LogP contribution in [-0.2, 0) is 0 Å². The molecule has 0 saturated carbocycles. The Kier molecular flexibility index (Phi) is 7.15. The molecule has 0 saturated heterocycles. The standard InChI is InChI=1S/C19H43N3/c1-14(21-18(8,9)16(3,4)5)12-15(2)22-19(10,11)17(6,7)13-20/h14-15,21-22H,12-13,20H2,1-11H3. The molecule has 4 N–H and O–H groups in total. The van der Waals surface area contributed by atoms with Gasteiger partial charge in [0.1, 0.15) is 0 Å². The molecule has 2 atom stereocenters. The van der Waals surface area contributed by atoms with Gasteiger partial charge in [-0.15, -0.1) is 0 Å². The maximum absolute atomic E-state index is 5.95. The Labute approximate surface area is 140 Å². The zero-order chi connectivity index (χ0) is 18.0. The van der Waals surface area contributed by atoms with Gasteiger partial charge < -0.3 is 16.4 Å². The molecule has 0 bridgehead atoms. The molecule has 22 heavy (non-hydrogen) atoms. The Morgan fingerprint density at radius 1 is 0.727 bits per heavy atom. The Hall–Kier alpha value is -0.120. The van der Waals surface area contributed by atoms with Crippen molar-refractivity contribution in [3.8, 4) is 0 Å². The van der Waals surface area contributed by atoms with E-state index < -0.39 is 0 Å². The van der Waals surface area contributed by atoms with Crippen LogP contribution in [0.4, 0.5) is 0 Å². The van der Waals surface area contributed by atoms with E-state index in [2.05, 4.69) is 86.8 Å². The van der Waals surface area contributed by atoms with Crippen LogP contribution in [0.1, 0.15) is 82.6 Å². The van der Waals surface area contributed by atoms with Gasteiger partial charge in [-0.3, -0.25) is 0 Å². The average Bonchev–Trinajstić information content (AvgIpc) is 2.24. The summed E-state index contributed by atoms with van der Waals surface area (Å²) in [7, 11) is 0. The minimum atomic E-state index is 0.0143. The molecule has 0 aliphatic heterocycles. The van der Waals surface area contributed by atoms with E-state index >= 15 is 0 Å². The van der Waals surface area contributed by atoms with Gasteiger partial charge >= 0.3 is 0 Å². The molecule has 134 valence electrons. The van der Waals surface area contributed by atoms with Crippen molar-refractivity contribution in [1.29, 1.82) is 0 Å². The van der Waals surface area contributed by atoms with Gasteiger partial charge in [-0.25, -0.2) is 0 Å². The van der Waals surface area contributed by atoms with E-state index in [4.69, 9.17) is 5.73 Å². The van der Waals surface area contributed by atoms with Crippen LogP contribution in [0, 0.1) is 10.8 Å². The lowest BCUT2D eigenvalue weighted by Gasteiger charge is -2.45. The van der Waals surface area contributed by atoms with E-state index in [-0.39, 0.29) is 21.9 Å². The van der Waals surface area contributed by atoms with Gasteiger partial charge in [0.15, 0.2) is 0 Å². The minimum absolute atomic E-state index is 0.0143. The van der Waals surface area contributed by atoms with Gasteiger partial charge in [0.2, 0.25) is 0 Å². The number of nitrogens with two attached hydrogens (primary N) is 1. The molecule has 0 aliphatic carbocycles. The largest absolute Gasteiger partial charge is 0.330 e. The van der Waals surface area contributed by atoms with Crippen molar-refractivity contribution in [2.45, 2.75) is 106 Å². The fourth-order valence-electron chi connectivity index (χ4n) is 2.55. The molecule has 0 aromatic rings. The summed E-state index contributed by atoms with van der Waals surface area (Å²) in [5, 5.41) is 7.58. The highest BCUT2D eigenvalue weighted by Gasteiger charge is 2.37. The third-order valence-corrected chi connectivity index (χ3v) is 6.00. The van der Waals surface area contributed by atoms with E-state index in [9.17, 15) is 0 Å². The number of hydrogen-bond donors (Lipinski definition) is 3. The van der Waals surface area contributed by atoms with Crippen molar-refractivity contribution in [3.63, 3.8) is 0 Å². The molecule has 3 nitrogen and oxygen atoms in total. The van der Waals surface area contributed by atoms with Crippen LogP contribution in [-0.4, -0.2) is 29.7 Å². The van der Waals surface area contributed by atoms with Crippen molar-refractivity contribution in [2.75, 3.05) is 6.54 Å². The van der Waals surface area contributed by atoms with Gasteiger partial charge in [-0.1, -0.05) is 34.6 Å². The third kappa shape index (κ3) is 5.82. The van der Waals surface area contributed by atoms with E-state index in [1.807, 2.05) is 0 Å². The summed E-state index contributed by atoms with van der Waals surface area (Å²) in [6.45, 7) is 25.7. The molecule has 0 amide bonds. The number of rotatable bonds is 8. The predicted molar refractivity (Wildman–Crippen MR) is 100 cm³/mol. The van der Waals surface area contributed by atoms with Crippen LogP contribution in [0.5, 0.6) is 0 Å². The van der Waals surface area contributed by atoms with Crippen LogP contribution in [0.3, 0.4) is 0 Å². The summed E-state index contributed by atoms with van der Waals surface area (Å²) >= 11 is 0. The third-order valence-electron chi connectivity index (χ3n) is 6.00. The summed E-state index contributed by atoms with van der Waals surface area (Å²) in [5.74, 6) is 0. The fraction of sp³-hybridized carbons (Fsp3) is 1.00.